The normalized spacial score (nSPS) is 26.4. The van der Waals surface area contributed by atoms with Gasteiger partial charge in [0.15, 0.2) is 0 Å². The molecule has 0 radical (unpaired) electrons. The van der Waals surface area contributed by atoms with Crippen LogP contribution in [0.1, 0.15) is 40.0 Å². The van der Waals surface area contributed by atoms with Gasteiger partial charge in [-0.3, -0.25) is 9.59 Å². The number of fused-ring (bicyclic) bond motifs is 2. The lowest BCUT2D eigenvalue weighted by Gasteiger charge is -2.28. The molecular weight excluding hydrogens is 264 g/mol. The molecule has 0 aromatic heterocycles. The predicted molar refractivity (Wildman–Crippen MR) is 81.6 cm³/mol. The lowest BCUT2D eigenvalue weighted by Crippen LogP contribution is -2.35. The molecule has 4 heteroatoms. The SMILES string of the molecule is CC(C)(C)C(=O)N=C1C=CC2C(=C1)NC(=O)C1=C2CCC1. The van der Waals surface area contributed by atoms with Crippen molar-refractivity contribution in [2.75, 3.05) is 0 Å². The number of nitrogens with zero attached hydrogens (tertiary/aromatic N) is 1. The lowest BCUT2D eigenvalue weighted by molar-refractivity contribution is -0.124. The van der Waals surface area contributed by atoms with Crippen molar-refractivity contribution in [3.63, 3.8) is 0 Å². The minimum atomic E-state index is -0.493. The van der Waals surface area contributed by atoms with Crippen molar-refractivity contribution < 1.29 is 9.59 Å². The van der Waals surface area contributed by atoms with Gasteiger partial charge in [0.2, 0.25) is 0 Å². The Morgan fingerprint density at radius 1 is 1.33 bits per heavy atom. The van der Waals surface area contributed by atoms with E-state index in [1.807, 2.05) is 39.0 Å². The summed E-state index contributed by atoms with van der Waals surface area (Å²) in [5.41, 5.74) is 3.16. The molecule has 110 valence electrons. The van der Waals surface area contributed by atoms with Gasteiger partial charge in [-0.15, -0.1) is 0 Å². The second kappa shape index (κ2) is 4.79. The predicted octanol–water partition coefficient (Wildman–Crippen LogP) is 2.68. The second-order valence-corrected chi connectivity index (χ2v) is 6.84. The van der Waals surface area contributed by atoms with Gasteiger partial charge in [0.05, 0.1) is 5.71 Å². The molecule has 0 fully saturated rings. The van der Waals surface area contributed by atoms with Crippen LogP contribution in [0.3, 0.4) is 0 Å². The van der Waals surface area contributed by atoms with E-state index in [1.165, 1.54) is 5.57 Å². The zero-order valence-corrected chi connectivity index (χ0v) is 12.7. The van der Waals surface area contributed by atoms with Crippen LogP contribution in [-0.4, -0.2) is 17.5 Å². The molecule has 2 aliphatic carbocycles. The van der Waals surface area contributed by atoms with Crippen molar-refractivity contribution in [3.8, 4) is 0 Å². The van der Waals surface area contributed by atoms with Gasteiger partial charge < -0.3 is 5.32 Å². The largest absolute Gasteiger partial charge is 0.325 e. The standard InChI is InChI=1S/C17H20N2O2/c1-17(2,3)16(21)18-10-7-8-12-11-5-4-6-13(11)15(20)19-14(12)9-10/h7-9,12H,4-6H2,1-3H3,(H,19,20). The highest BCUT2D eigenvalue weighted by atomic mass is 16.2. The van der Waals surface area contributed by atoms with Crippen molar-refractivity contribution >= 4 is 17.5 Å². The molecule has 1 N–H and O–H groups in total. The summed E-state index contributed by atoms with van der Waals surface area (Å²) in [5, 5.41) is 2.95. The highest BCUT2D eigenvalue weighted by Gasteiger charge is 2.34. The Morgan fingerprint density at radius 3 is 2.81 bits per heavy atom. The number of carbonyl (C=O) groups is 2. The minimum Gasteiger partial charge on any atom is -0.325 e. The number of rotatable bonds is 0. The van der Waals surface area contributed by atoms with E-state index in [1.54, 1.807) is 0 Å². The van der Waals surface area contributed by atoms with Gasteiger partial charge in [0.1, 0.15) is 0 Å². The zero-order chi connectivity index (χ0) is 15.2. The van der Waals surface area contributed by atoms with E-state index in [2.05, 4.69) is 10.3 Å². The fourth-order valence-electron chi connectivity index (χ4n) is 2.94. The molecule has 21 heavy (non-hydrogen) atoms. The van der Waals surface area contributed by atoms with Gasteiger partial charge in [-0.1, -0.05) is 26.8 Å². The molecule has 2 amide bonds. The van der Waals surface area contributed by atoms with Gasteiger partial charge in [-0.2, -0.15) is 0 Å². The van der Waals surface area contributed by atoms with E-state index in [4.69, 9.17) is 0 Å². The summed E-state index contributed by atoms with van der Waals surface area (Å²) >= 11 is 0. The average Bonchev–Trinajstić information content (AvgIpc) is 2.87. The lowest BCUT2D eigenvalue weighted by atomic mass is 9.85. The first-order valence-corrected chi connectivity index (χ1v) is 7.42. The fourth-order valence-corrected chi connectivity index (χ4v) is 2.94. The summed E-state index contributed by atoms with van der Waals surface area (Å²) in [4.78, 5) is 28.2. The molecule has 0 aromatic carbocycles. The Morgan fingerprint density at radius 2 is 2.10 bits per heavy atom. The number of aliphatic imine (C=N–C) groups is 1. The molecule has 0 bridgehead atoms. The Balaban J connectivity index is 1.91. The van der Waals surface area contributed by atoms with E-state index in [0.717, 1.165) is 30.5 Å². The first kappa shape index (κ1) is 14.0. The van der Waals surface area contributed by atoms with Gasteiger partial charge in [0.25, 0.3) is 11.8 Å². The summed E-state index contributed by atoms with van der Waals surface area (Å²) in [7, 11) is 0. The molecule has 3 rings (SSSR count). The summed E-state index contributed by atoms with van der Waals surface area (Å²) in [6.07, 6.45) is 8.68. The van der Waals surface area contributed by atoms with E-state index in [9.17, 15) is 9.59 Å². The van der Waals surface area contributed by atoms with Crippen LogP contribution in [0.25, 0.3) is 0 Å². The summed E-state index contributed by atoms with van der Waals surface area (Å²) < 4.78 is 0. The van der Waals surface area contributed by atoms with Crippen LogP contribution >= 0.6 is 0 Å². The Hall–Kier alpha value is -1.97. The number of amides is 2. The number of hydrogen-bond acceptors (Lipinski definition) is 2. The molecule has 1 atom stereocenters. The number of carbonyl (C=O) groups excluding carboxylic acids is 2. The van der Waals surface area contributed by atoms with Crippen LogP contribution < -0.4 is 5.32 Å². The Bertz CT molecular complexity index is 642. The molecule has 0 saturated heterocycles. The van der Waals surface area contributed by atoms with Crippen LogP contribution in [0, 0.1) is 11.3 Å². The van der Waals surface area contributed by atoms with Crippen molar-refractivity contribution in [2.45, 2.75) is 40.0 Å². The van der Waals surface area contributed by atoms with E-state index in [0.29, 0.717) is 5.71 Å². The molecule has 1 aliphatic heterocycles. The van der Waals surface area contributed by atoms with E-state index >= 15 is 0 Å². The summed E-state index contributed by atoms with van der Waals surface area (Å²) in [6, 6.07) is 0. The quantitative estimate of drug-likeness (QED) is 0.743. The van der Waals surface area contributed by atoms with Crippen LogP contribution in [0.2, 0.25) is 0 Å². The maximum absolute atomic E-state index is 12.1. The Kier molecular flexibility index (Phi) is 3.19. The van der Waals surface area contributed by atoms with Crippen molar-refractivity contribution in [1.82, 2.24) is 5.32 Å². The van der Waals surface area contributed by atoms with Crippen LogP contribution in [-0.2, 0) is 9.59 Å². The van der Waals surface area contributed by atoms with Gasteiger partial charge in [0, 0.05) is 22.6 Å². The number of nitrogens with one attached hydrogen (secondary N) is 1. The molecular formula is C17H20N2O2. The monoisotopic (exact) mass is 284 g/mol. The second-order valence-electron chi connectivity index (χ2n) is 6.84. The molecule has 0 spiro atoms. The molecule has 1 heterocycles. The van der Waals surface area contributed by atoms with Gasteiger partial charge in [-0.25, -0.2) is 4.99 Å². The Labute approximate surface area is 124 Å². The van der Waals surface area contributed by atoms with Gasteiger partial charge >= 0.3 is 0 Å². The summed E-state index contributed by atoms with van der Waals surface area (Å²) in [6.45, 7) is 5.54. The van der Waals surface area contributed by atoms with Crippen LogP contribution in [0.4, 0.5) is 0 Å². The molecule has 4 nitrogen and oxygen atoms in total. The third-order valence-electron chi connectivity index (χ3n) is 4.14. The maximum Gasteiger partial charge on any atom is 0.251 e. The third kappa shape index (κ3) is 2.50. The van der Waals surface area contributed by atoms with E-state index in [-0.39, 0.29) is 17.7 Å². The highest BCUT2D eigenvalue weighted by Crippen LogP contribution is 2.39. The first-order valence-electron chi connectivity index (χ1n) is 7.42. The molecule has 0 aromatic rings. The van der Waals surface area contributed by atoms with Crippen molar-refractivity contribution in [3.05, 3.63) is 35.1 Å². The van der Waals surface area contributed by atoms with E-state index < -0.39 is 5.41 Å². The van der Waals surface area contributed by atoms with Crippen LogP contribution in [0.15, 0.2) is 40.1 Å². The molecule has 3 aliphatic rings. The average molecular weight is 284 g/mol. The number of hydrogen-bond donors (Lipinski definition) is 1. The van der Waals surface area contributed by atoms with Crippen molar-refractivity contribution in [2.24, 2.45) is 16.3 Å². The summed E-state index contributed by atoms with van der Waals surface area (Å²) in [5.74, 6) is 0.0195. The third-order valence-corrected chi connectivity index (χ3v) is 4.14. The smallest absolute Gasteiger partial charge is 0.251 e. The topological polar surface area (TPSA) is 58.5 Å². The minimum absolute atomic E-state index is 0.0156. The number of allylic oxidation sites excluding steroid dienone is 3. The zero-order valence-electron chi connectivity index (χ0n) is 12.7. The maximum atomic E-state index is 12.1. The fraction of sp³-hybridized carbons (Fsp3) is 0.471. The highest BCUT2D eigenvalue weighted by molar-refractivity contribution is 6.12. The van der Waals surface area contributed by atoms with Gasteiger partial charge in [-0.05, 0) is 37.0 Å². The molecule has 0 saturated carbocycles. The first-order chi connectivity index (χ1) is 9.86. The molecule has 1 unspecified atom stereocenters. The van der Waals surface area contributed by atoms with Crippen LogP contribution in [0.5, 0.6) is 0 Å². The van der Waals surface area contributed by atoms with Crippen molar-refractivity contribution in [1.29, 1.82) is 0 Å².